The molecule has 2 heterocycles. The van der Waals surface area contributed by atoms with Crippen LogP contribution in [-0.4, -0.2) is 24.4 Å². The molecule has 2 nitrogen and oxygen atoms in total. The van der Waals surface area contributed by atoms with Crippen LogP contribution >= 0.6 is 11.3 Å². The molecule has 1 fully saturated rings. The minimum absolute atomic E-state index is 0.228. The molecule has 0 aromatic carbocycles. The molecule has 1 aliphatic heterocycles. The molecule has 1 spiro atoms. The maximum Gasteiger partial charge on any atom is 0.255 e. The lowest BCUT2D eigenvalue weighted by molar-refractivity contribution is 0.0727. The summed E-state index contributed by atoms with van der Waals surface area (Å²) in [6.07, 6.45) is 5.16. The van der Waals surface area contributed by atoms with Crippen molar-refractivity contribution >= 4 is 17.2 Å². The molecule has 0 radical (unpaired) electrons. The molecule has 3 heteroatoms. The Morgan fingerprint density at radius 1 is 1.38 bits per heavy atom. The zero-order valence-electron chi connectivity index (χ0n) is 9.88. The van der Waals surface area contributed by atoms with Crippen LogP contribution in [0, 0.1) is 6.92 Å². The van der Waals surface area contributed by atoms with Crippen LogP contribution in [0.5, 0.6) is 0 Å². The van der Waals surface area contributed by atoms with E-state index in [1.54, 1.807) is 11.3 Å². The fraction of sp³-hybridized carbons (Fsp3) is 0.615. The normalized spacial score (nSPS) is 22.9. The van der Waals surface area contributed by atoms with E-state index in [1.165, 1.54) is 36.1 Å². The summed E-state index contributed by atoms with van der Waals surface area (Å²) in [6, 6.07) is 0. The quantitative estimate of drug-likeness (QED) is 0.677. The summed E-state index contributed by atoms with van der Waals surface area (Å²) in [7, 11) is 1.95. The van der Waals surface area contributed by atoms with Crippen molar-refractivity contribution in [1.82, 2.24) is 4.90 Å². The molecule has 1 saturated carbocycles. The SMILES string of the molecule is Cc1csc2c1C(=O)N(C)CC21CCCC1. The van der Waals surface area contributed by atoms with E-state index in [0.717, 1.165) is 12.1 Å². The highest BCUT2D eigenvalue weighted by Crippen LogP contribution is 2.48. The number of thiophene rings is 1. The Balaban J connectivity index is 2.18. The van der Waals surface area contributed by atoms with Gasteiger partial charge in [0.1, 0.15) is 0 Å². The molecule has 0 unspecified atom stereocenters. The molecule has 0 bridgehead atoms. The lowest BCUT2D eigenvalue weighted by atomic mass is 9.79. The number of aryl methyl sites for hydroxylation is 1. The van der Waals surface area contributed by atoms with Gasteiger partial charge in [0.2, 0.25) is 0 Å². The highest BCUT2D eigenvalue weighted by molar-refractivity contribution is 7.10. The first-order valence-corrected chi connectivity index (χ1v) is 6.86. The van der Waals surface area contributed by atoms with Crippen LogP contribution in [-0.2, 0) is 5.41 Å². The Kier molecular flexibility index (Phi) is 2.15. The Labute approximate surface area is 100 Å². The Morgan fingerprint density at radius 2 is 2.06 bits per heavy atom. The fourth-order valence-corrected chi connectivity index (χ4v) is 4.62. The van der Waals surface area contributed by atoms with Gasteiger partial charge in [0.15, 0.2) is 0 Å². The third kappa shape index (κ3) is 1.21. The van der Waals surface area contributed by atoms with Gasteiger partial charge in [-0.2, -0.15) is 0 Å². The van der Waals surface area contributed by atoms with Crippen LogP contribution in [0.4, 0.5) is 0 Å². The molecule has 0 saturated heterocycles. The zero-order valence-corrected chi connectivity index (χ0v) is 10.7. The van der Waals surface area contributed by atoms with E-state index >= 15 is 0 Å². The van der Waals surface area contributed by atoms with Gasteiger partial charge in [-0.3, -0.25) is 4.79 Å². The maximum absolute atomic E-state index is 12.2. The lowest BCUT2D eigenvalue weighted by Gasteiger charge is -2.38. The van der Waals surface area contributed by atoms with Gasteiger partial charge in [0.25, 0.3) is 5.91 Å². The van der Waals surface area contributed by atoms with Crippen LogP contribution in [0.25, 0.3) is 0 Å². The molecular formula is C13H17NOS. The largest absolute Gasteiger partial charge is 0.341 e. The molecule has 3 rings (SSSR count). The Hall–Kier alpha value is -0.830. The highest BCUT2D eigenvalue weighted by Gasteiger charge is 2.45. The molecule has 1 aliphatic carbocycles. The lowest BCUT2D eigenvalue weighted by Crippen LogP contribution is -2.45. The molecule has 1 aromatic heterocycles. The van der Waals surface area contributed by atoms with Crippen molar-refractivity contribution in [3.8, 4) is 0 Å². The number of amides is 1. The number of rotatable bonds is 0. The standard InChI is InChI=1S/C13H17NOS/c1-9-7-16-11-10(9)12(15)14(2)8-13(11)5-3-4-6-13/h7H,3-6,8H2,1-2H3. The number of carbonyl (C=O) groups excluding carboxylic acids is 1. The summed E-state index contributed by atoms with van der Waals surface area (Å²) in [4.78, 5) is 15.5. The number of hydrogen-bond donors (Lipinski definition) is 0. The van der Waals surface area contributed by atoms with Crippen molar-refractivity contribution in [3.63, 3.8) is 0 Å². The first-order chi connectivity index (χ1) is 7.64. The van der Waals surface area contributed by atoms with Crippen molar-refractivity contribution < 1.29 is 4.79 Å². The first kappa shape index (κ1) is 10.3. The van der Waals surface area contributed by atoms with Crippen LogP contribution in [0.2, 0.25) is 0 Å². The van der Waals surface area contributed by atoms with Crippen LogP contribution < -0.4 is 0 Å². The van der Waals surface area contributed by atoms with Crippen molar-refractivity contribution in [3.05, 3.63) is 21.4 Å². The predicted molar refractivity (Wildman–Crippen MR) is 66.2 cm³/mol. The number of fused-ring (bicyclic) bond motifs is 2. The van der Waals surface area contributed by atoms with Gasteiger partial charge in [0, 0.05) is 23.9 Å². The smallest absolute Gasteiger partial charge is 0.255 e. The number of likely N-dealkylation sites (N-methyl/N-ethyl adjacent to an activating group) is 1. The van der Waals surface area contributed by atoms with Gasteiger partial charge in [-0.25, -0.2) is 0 Å². The Bertz CT molecular complexity index is 443. The summed E-state index contributed by atoms with van der Waals surface area (Å²) in [5, 5.41) is 2.15. The van der Waals surface area contributed by atoms with E-state index in [-0.39, 0.29) is 5.91 Å². The van der Waals surface area contributed by atoms with E-state index in [0.29, 0.717) is 5.41 Å². The van der Waals surface area contributed by atoms with Gasteiger partial charge in [-0.15, -0.1) is 11.3 Å². The molecule has 1 amide bonds. The minimum Gasteiger partial charge on any atom is -0.341 e. The first-order valence-electron chi connectivity index (χ1n) is 5.98. The average Bonchev–Trinajstić information content (AvgIpc) is 2.83. The molecular weight excluding hydrogens is 218 g/mol. The average molecular weight is 235 g/mol. The number of hydrogen-bond acceptors (Lipinski definition) is 2. The summed E-state index contributed by atoms with van der Waals surface area (Å²) < 4.78 is 0. The summed E-state index contributed by atoms with van der Waals surface area (Å²) in [5.74, 6) is 0.228. The van der Waals surface area contributed by atoms with Crippen molar-refractivity contribution in [2.24, 2.45) is 0 Å². The van der Waals surface area contributed by atoms with Gasteiger partial charge in [-0.1, -0.05) is 12.8 Å². The highest BCUT2D eigenvalue weighted by atomic mass is 32.1. The molecule has 2 aliphatic rings. The summed E-state index contributed by atoms with van der Waals surface area (Å²) in [5.41, 5.74) is 2.49. The molecule has 0 atom stereocenters. The van der Waals surface area contributed by atoms with Gasteiger partial charge in [0.05, 0.1) is 5.56 Å². The fourth-order valence-electron chi connectivity index (χ4n) is 3.33. The second kappa shape index (κ2) is 3.33. The van der Waals surface area contributed by atoms with E-state index in [9.17, 15) is 4.79 Å². The second-order valence-electron chi connectivity index (χ2n) is 5.27. The van der Waals surface area contributed by atoms with Gasteiger partial charge in [-0.05, 0) is 30.7 Å². The number of nitrogens with zero attached hydrogens (tertiary/aromatic N) is 1. The van der Waals surface area contributed by atoms with Crippen LogP contribution in [0.1, 0.15) is 46.5 Å². The molecule has 1 aromatic rings. The van der Waals surface area contributed by atoms with Crippen molar-refractivity contribution in [2.45, 2.75) is 38.0 Å². The third-order valence-electron chi connectivity index (χ3n) is 4.12. The van der Waals surface area contributed by atoms with Crippen LogP contribution in [0.15, 0.2) is 5.38 Å². The summed E-state index contributed by atoms with van der Waals surface area (Å²) in [6.45, 7) is 2.99. The van der Waals surface area contributed by atoms with E-state index < -0.39 is 0 Å². The van der Waals surface area contributed by atoms with E-state index in [4.69, 9.17) is 0 Å². The monoisotopic (exact) mass is 235 g/mol. The molecule has 86 valence electrons. The minimum atomic E-state index is 0.228. The number of carbonyl (C=O) groups is 1. The molecule has 16 heavy (non-hydrogen) atoms. The molecule has 0 N–H and O–H groups in total. The van der Waals surface area contributed by atoms with E-state index in [2.05, 4.69) is 12.3 Å². The van der Waals surface area contributed by atoms with E-state index in [1.807, 2.05) is 11.9 Å². The van der Waals surface area contributed by atoms with Gasteiger partial charge >= 0.3 is 0 Å². The topological polar surface area (TPSA) is 20.3 Å². The second-order valence-corrected chi connectivity index (χ2v) is 6.15. The maximum atomic E-state index is 12.2. The Morgan fingerprint density at radius 3 is 2.75 bits per heavy atom. The van der Waals surface area contributed by atoms with Crippen molar-refractivity contribution in [1.29, 1.82) is 0 Å². The third-order valence-corrected chi connectivity index (χ3v) is 5.46. The predicted octanol–water partition coefficient (Wildman–Crippen LogP) is 2.95. The van der Waals surface area contributed by atoms with Crippen molar-refractivity contribution in [2.75, 3.05) is 13.6 Å². The summed E-state index contributed by atoms with van der Waals surface area (Å²) >= 11 is 1.81. The van der Waals surface area contributed by atoms with Crippen LogP contribution in [0.3, 0.4) is 0 Å². The van der Waals surface area contributed by atoms with Gasteiger partial charge < -0.3 is 4.90 Å². The zero-order chi connectivity index (χ0) is 11.3.